The Morgan fingerprint density at radius 3 is 2.58 bits per heavy atom. The molecule has 0 fully saturated rings. The van der Waals surface area contributed by atoms with E-state index in [-0.39, 0.29) is 29.5 Å². The van der Waals surface area contributed by atoms with Crippen LogP contribution in [0.4, 0.5) is 5.69 Å². The fourth-order valence-electron chi connectivity index (χ4n) is 3.77. The van der Waals surface area contributed by atoms with Crippen LogP contribution in [0.15, 0.2) is 64.3 Å². The van der Waals surface area contributed by atoms with Gasteiger partial charge in [0.1, 0.15) is 5.75 Å². The molecule has 0 radical (unpaired) electrons. The van der Waals surface area contributed by atoms with Gasteiger partial charge in [0.2, 0.25) is 15.9 Å². The van der Waals surface area contributed by atoms with Gasteiger partial charge in [0.25, 0.3) is 5.56 Å². The van der Waals surface area contributed by atoms with Crippen molar-refractivity contribution in [2.24, 2.45) is 0 Å². The number of amides is 1. The van der Waals surface area contributed by atoms with Crippen molar-refractivity contribution in [2.75, 3.05) is 25.1 Å². The van der Waals surface area contributed by atoms with Gasteiger partial charge in [-0.15, -0.1) is 0 Å². The van der Waals surface area contributed by atoms with Crippen molar-refractivity contribution in [1.82, 2.24) is 14.5 Å². The number of sulfonamides is 1. The maximum atomic E-state index is 12.8. The number of nitrogens with zero attached hydrogens (tertiary/aromatic N) is 3. The van der Waals surface area contributed by atoms with Crippen LogP contribution in [0.3, 0.4) is 0 Å². The summed E-state index contributed by atoms with van der Waals surface area (Å²) in [6.45, 7) is 2.10. The van der Waals surface area contributed by atoms with E-state index in [0.717, 1.165) is 16.8 Å². The topological polar surface area (TPSA) is 111 Å². The molecule has 0 spiro atoms. The van der Waals surface area contributed by atoms with E-state index in [9.17, 15) is 18.0 Å². The van der Waals surface area contributed by atoms with Crippen LogP contribution in [0, 0.1) is 0 Å². The second-order valence-corrected chi connectivity index (χ2v) is 9.38. The van der Waals surface area contributed by atoms with Crippen molar-refractivity contribution < 1.29 is 17.9 Å². The monoisotopic (exact) mass is 468 g/mol. The van der Waals surface area contributed by atoms with E-state index in [1.165, 1.54) is 23.7 Å². The summed E-state index contributed by atoms with van der Waals surface area (Å²) in [4.78, 5) is 25.7. The number of anilines is 1. The molecule has 0 aliphatic carbocycles. The van der Waals surface area contributed by atoms with Gasteiger partial charge in [-0.3, -0.25) is 9.59 Å². The quantitative estimate of drug-likeness (QED) is 0.566. The molecule has 9 nitrogen and oxygen atoms in total. The molecule has 1 aromatic heterocycles. The largest absolute Gasteiger partial charge is 0.497 e. The number of methoxy groups -OCH3 is 1. The van der Waals surface area contributed by atoms with E-state index < -0.39 is 10.0 Å². The first-order valence-electron chi connectivity index (χ1n) is 10.4. The van der Waals surface area contributed by atoms with Crippen molar-refractivity contribution in [2.45, 2.75) is 24.8 Å². The second-order valence-electron chi connectivity index (χ2n) is 7.62. The van der Waals surface area contributed by atoms with Crippen molar-refractivity contribution in [3.05, 3.63) is 70.5 Å². The van der Waals surface area contributed by atoms with E-state index in [1.807, 2.05) is 12.1 Å². The number of benzene rings is 2. The Balaban J connectivity index is 1.45. The van der Waals surface area contributed by atoms with Crippen LogP contribution in [-0.4, -0.2) is 44.3 Å². The molecule has 0 saturated heterocycles. The minimum atomic E-state index is -3.78. The average Bonchev–Trinajstić information content (AvgIpc) is 3.24. The lowest BCUT2D eigenvalue weighted by Gasteiger charge is -2.15. The zero-order chi connectivity index (χ0) is 23.6. The number of hydrogen-bond donors (Lipinski definition) is 1. The Labute approximate surface area is 191 Å². The van der Waals surface area contributed by atoms with Crippen LogP contribution < -0.4 is 19.9 Å². The minimum Gasteiger partial charge on any atom is -0.497 e. The van der Waals surface area contributed by atoms with Gasteiger partial charge in [0, 0.05) is 37.3 Å². The summed E-state index contributed by atoms with van der Waals surface area (Å²) in [5, 5.41) is 4.35. The molecule has 1 N–H and O–H groups in total. The molecular formula is C23H24N4O5S. The first-order chi connectivity index (χ1) is 15.8. The summed E-state index contributed by atoms with van der Waals surface area (Å²) in [5.41, 5.74) is 2.63. The number of rotatable bonds is 7. The predicted octanol–water partition coefficient (Wildman–Crippen LogP) is 1.81. The number of carbonyl (C=O) groups excluding carboxylic acids is 1. The third-order valence-electron chi connectivity index (χ3n) is 5.51. The summed E-state index contributed by atoms with van der Waals surface area (Å²) in [5.74, 6) is 0.638. The molecule has 0 saturated carbocycles. The van der Waals surface area contributed by atoms with Gasteiger partial charge in [0.15, 0.2) is 0 Å². The molecule has 2 heterocycles. The Kier molecular flexibility index (Phi) is 6.30. The zero-order valence-electron chi connectivity index (χ0n) is 18.3. The first-order valence-corrected chi connectivity index (χ1v) is 11.9. The summed E-state index contributed by atoms with van der Waals surface area (Å²) < 4.78 is 34.4. The third-order valence-corrected chi connectivity index (χ3v) is 6.96. The third kappa shape index (κ3) is 4.81. The highest BCUT2D eigenvalue weighted by Gasteiger charge is 2.24. The van der Waals surface area contributed by atoms with Gasteiger partial charge in [-0.2, -0.15) is 5.10 Å². The fourth-order valence-corrected chi connectivity index (χ4v) is 4.84. The van der Waals surface area contributed by atoms with Crippen molar-refractivity contribution in [3.63, 3.8) is 0 Å². The SMILES string of the molecule is COc1ccc(-c2ccc(=O)n(CCNS(=O)(=O)c3ccc4c(c3)CCN4C(C)=O)n2)cc1. The molecule has 172 valence electrons. The lowest BCUT2D eigenvalue weighted by molar-refractivity contribution is -0.116. The van der Waals surface area contributed by atoms with Crippen molar-refractivity contribution in [3.8, 4) is 17.0 Å². The van der Waals surface area contributed by atoms with Crippen LogP contribution in [0.2, 0.25) is 0 Å². The number of ether oxygens (including phenoxy) is 1. The zero-order valence-corrected chi connectivity index (χ0v) is 19.1. The molecule has 1 amide bonds. The number of carbonyl (C=O) groups is 1. The molecule has 10 heteroatoms. The predicted molar refractivity (Wildman–Crippen MR) is 124 cm³/mol. The molecule has 0 atom stereocenters. The maximum absolute atomic E-state index is 12.8. The Morgan fingerprint density at radius 2 is 1.88 bits per heavy atom. The van der Waals surface area contributed by atoms with Gasteiger partial charge in [-0.1, -0.05) is 0 Å². The average molecular weight is 469 g/mol. The molecule has 3 aromatic rings. The van der Waals surface area contributed by atoms with E-state index in [1.54, 1.807) is 42.3 Å². The normalized spacial score (nSPS) is 13.1. The van der Waals surface area contributed by atoms with Crippen LogP contribution in [0.1, 0.15) is 12.5 Å². The summed E-state index contributed by atoms with van der Waals surface area (Å²) in [6.07, 6.45) is 0.607. The lowest BCUT2D eigenvalue weighted by atomic mass is 10.1. The number of aromatic nitrogens is 2. The molecule has 2 aromatic carbocycles. The standard InChI is InChI=1S/C23H24N4O5S/c1-16(28)26-13-11-18-15-20(7-9-22(18)26)33(30,31)24-12-14-27-23(29)10-8-21(25-27)17-3-5-19(32-2)6-4-17/h3-10,15,24H,11-14H2,1-2H3. The Morgan fingerprint density at radius 1 is 1.12 bits per heavy atom. The first kappa shape index (κ1) is 22.7. The van der Waals surface area contributed by atoms with E-state index in [2.05, 4.69) is 9.82 Å². The Hall–Kier alpha value is -3.50. The second kappa shape index (κ2) is 9.16. The highest BCUT2D eigenvalue weighted by Crippen LogP contribution is 2.30. The maximum Gasteiger partial charge on any atom is 0.266 e. The lowest BCUT2D eigenvalue weighted by Crippen LogP contribution is -2.32. The van der Waals surface area contributed by atoms with Crippen LogP contribution >= 0.6 is 0 Å². The van der Waals surface area contributed by atoms with Crippen molar-refractivity contribution >= 4 is 21.6 Å². The van der Waals surface area contributed by atoms with E-state index in [4.69, 9.17) is 4.74 Å². The van der Waals surface area contributed by atoms with Crippen LogP contribution in [0.25, 0.3) is 11.3 Å². The van der Waals surface area contributed by atoms with Gasteiger partial charge < -0.3 is 9.64 Å². The highest BCUT2D eigenvalue weighted by molar-refractivity contribution is 7.89. The number of fused-ring (bicyclic) bond motifs is 1. The number of hydrogen-bond acceptors (Lipinski definition) is 6. The fraction of sp³-hybridized carbons (Fsp3) is 0.261. The summed E-state index contributed by atoms with van der Waals surface area (Å²) in [6, 6.07) is 15.0. The summed E-state index contributed by atoms with van der Waals surface area (Å²) >= 11 is 0. The van der Waals surface area contributed by atoms with Gasteiger partial charge >= 0.3 is 0 Å². The highest BCUT2D eigenvalue weighted by atomic mass is 32.2. The molecule has 0 bridgehead atoms. The number of nitrogens with one attached hydrogen (secondary N) is 1. The van der Waals surface area contributed by atoms with Crippen molar-refractivity contribution in [1.29, 1.82) is 0 Å². The van der Waals surface area contributed by atoms with Gasteiger partial charge in [-0.25, -0.2) is 17.8 Å². The molecule has 0 unspecified atom stereocenters. The van der Waals surface area contributed by atoms with E-state index >= 15 is 0 Å². The van der Waals surface area contributed by atoms with E-state index in [0.29, 0.717) is 24.4 Å². The minimum absolute atomic E-state index is 0.00202. The summed E-state index contributed by atoms with van der Waals surface area (Å²) in [7, 11) is -2.20. The van der Waals surface area contributed by atoms with Crippen LogP contribution in [0.5, 0.6) is 5.75 Å². The molecule has 33 heavy (non-hydrogen) atoms. The molecule has 1 aliphatic heterocycles. The van der Waals surface area contributed by atoms with Gasteiger partial charge in [-0.05, 0) is 60.5 Å². The smallest absolute Gasteiger partial charge is 0.266 e. The van der Waals surface area contributed by atoms with Gasteiger partial charge in [0.05, 0.1) is 24.2 Å². The van der Waals surface area contributed by atoms with Crippen LogP contribution in [-0.2, 0) is 27.8 Å². The molecule has 1 aliphatic rings. The molecule has 4 rings (SSSR count). The Bertz CT molecular complexity index is 1350. The molecular weight excluding hydrogens is 444 g/mol.